The van der Waals surface area contributed by atoms with Crippen molar-refractivity contribution in [1.29, 1.82) is 0 Å². The number of anilines is 1. The molecule has 2 aromatic rings. The van der Waals surface area contributed by atoms with Crippen LogP contribution < -0.4 is 9.46 Å². The second kappa shape index (κ2) is 6.77. The number of ether oxygens (including phenoxy) is 1. The Balaban J connectivity index is 2.20. The third kappa shape index (κ3) is 4.29. The van der Waals surface area contributed by atoms with Gasteiger partial charge < -0.3 is 4.74 Å². The molecule has 0 radical (unpaired) electrons. The molecular weight excluding hydrogens is 345 g/mol. The van der Waals surface area contributed by atoms with Crippen molar-refractivity contribution >= 4 is 38.9 Å². The Hall–Kier alpha value is -1.43. The second-order valence-corrected chi connectivity index (χ2v) is 7.37. The van der Waals surface area contributed by atoms with Gasteiger partial charge in [-0.3, -0.25) is 4.72 Å². The molecule has 0 aliphatic carbocycles. The predicted octanol–water partition coefficient (Wildman–Crippen LogP) is 4.58. The monoisotopic (exact) mass is 359 g/mol. The van der Waals surface area contributed by atoms with Crippen molar-refractivity contribution in [2.75, 3.05) is 4.72 Å². The molecule has 0 bridgehead atoms. The van der Waals surface area contributed by atoms with E-state index in [1.807, 2.05) is 13.8 Å². The predicted molar refractivity (Wildman–Crippen MR) is 89.5 cm³/mol. The third-order valence-corrected chi connectivity index (χ3v) is 4.81. The van der Waals surface area contributed by atoms with Crippen molar-refractivity contribution in [2.24, 2.45) is 0 Å². The standard InChI is InChI=1S/C15H15Cl2NO3S/c1-10(2)21-12-4-6-13(7-5-12)22(19,20)18-11-3-8-14(16)15(17)9-11/h3-10,18H,1-2H3. The van der Waals surface area contributed by atoms with E-state index in [1.165, 1.54) is 24.3 Å². The molecule has 0 aromatic heterocycles. The van der Waals surface area contributed by atoms with Gasteiger partial charge in [-0.05, 0) is 56.3 Å². The fourth-order valence-corrected chi connectivity index (χ4v) is 3.09. The van der Waals surface area contributed by atoms with E-state index in [2.05, 4.69) is 4.72 Å². The van der Waals surface area contributed by atoms with Gasteiger partial charge in [0.2, 0.25) is 0 Å². The summed E-state index contributed by atoms with van der Waals surface area (Å²) in [6, 6.07) is 10.7. The number of sulfonamides is 1. The van der Waals surface area contributed by atoms with Crippen LogP contribution in [0.15, 0.2) is 47.4 Å². The van der Waals surface area contributed by atoms with Crippen LogP contribution in [-0.4, -0.2) is 14.5 Å². The Kier molecular flexibility index (Phi) is 5.21. The van der Waals surface area contributed by atoms with Gasteiger partial charge in [0.05, 0.1) is 26.7 Å². The highest BCUT2D eigenvalue weighted by molar-refractivity contribution is 7.92. The minimum absolute atomic E-state index is 0.0248. The molecule has 0 saturated carbocycles. The maximum absolute atomic E-state index is 12.3. The summed E-state index contributed by atoms with van der Waals surface area (Å²) in [6.45, 7) is 3.80. The molecule has 22 heavy (non-hydrogen) atoms. The summed E-state index contributed by atoms with van der Waals surface area (Å²) in [5, 5.41) is 0.641. The van der Waals surface area contributed by atoms with Crippen LogP contribution in [0, 0.1) is 0 Å². The van der Waals surface area contributed by atoms with Crippen LogP contribution >= 0.6 is 23.2 Å². The van der Waals surface area contributed by atoms with Crippen LogP contribution in [-0.2, 0) is 10.0 Å². The van der Waals surface area contributed by atoms with E-state index >= 15 is 0 Å². The second-order valence-electron chi connectivity index (χ2n) is 4.87. The summed E-state index contributed by atoms with van der Waals surface area (Å²) in [5.74, 6) is 0.614. The highest BCUT2D eigenvalue weighted by Gasteiger charge is 2.15. The lowest BCUT2D eigenvalue weighted by molar-refractivity contribution is 0.242. The van der Waals surface area contributed by atoms with Crippen molar-refractivity contribution in [2.45, 2.75) is 24.8 Å². The SMILES string of the molecule is CC(C)Oc1ccc(S(=O)(=O)Nc2ccc(Cl)c(Cl)c2)cc1. The summed E-state index contributed by atoms with van der Waals surface area (Å²) in [6.07, 6.45) is 0.0248. The number of hydrogen-bond donors (Lipinski definition) is 1. The van der Waals surface area contributed by atoms with Crippen molar-refractivity contribution in [1.82, 2.24) is 0 Å². The van der Waals surface area contributed by atoms with Crippen LogP contribution in [0.5, 0.6) is 5.75 Å². The number of nitrogens with one attached hydrogen (secondary N) is 1. The number of halogens is 2. The van der Waals surface area contributed by atoms with Gasteiger partial charge in [-0.1, -0.05) is 23.2 Å². The smallest absolute Gasteiger partial charge is 0.261 e. The first-order valence-electron chi connectivity index (χ1n) is 6.52. The molecule has 0 atom stereocenters. The molecular formula is C15H15Cl2NO3S. The van der Waals surface area contributed by atoms with Crippen molar-refractivity contribution in [3.05, 3.63) is 52.5 Å². The van der Waals surface area contributed by atoms with E-state index < -0.39 is 10.0 Å². The van der Waals surface area contributed by atoms with Gasteiger partial charge in [-0.2, -0.15) is 0 Å². The van der Waals surface area contributed by atoms with Gasteiger partial charge >= 0.3 is 0 Å². The third-order valence-electron chi connectivity index (χ3n) is 2.68. The lowest BCUT2D eigenvalue weighted by Crippen LogP contribution is -2.13. The van der Waals surface area contributed by atoms with Gasteiger partial charge in [0, 0.05) is 0 Å². The highest BCUT2D eigenvalue weighted by atomic mass is 35.5. The first kappa shape index (κ1) is 16.9. The summed E-state index contributed by atoms with van der Waals surface area (Å²) in [5.41, 5.74) is 0.344. The van der Waals surface area contributed by atoms with Gasteiger partial charge in [-0.25, -0.2) is 8.42 Å². The first-order chi connectivity index (χ1) is 10.3. The zero-order valence-electron chi connectivity index (χ0n) is 12.0. The molecule has 0 unspecified atom stereocenters. The normalized spacial score (nSPS) is 11.5. The Labute approximate surface area is 140 Å². The van der Waals surface area contributed by atoms with E-state index in [-0.39, 0.29) is 16.0 Å². The maximum Gasteiger partial charge on any atom is 0.261 e. The van der Waals surface area contributed by atoms with E-state index in [0.717, 1.165) is 0 Å². The summed E-state index contributed by atoms with van der Waals surface area (Å²) in [7, 11) is -3.70. The molecule has 0 aliphatic rings. The van der Waals surface area contributed by atoms with Gasteiger partial charge in [0.15, 0.2) is 0 Å². The zero-order valence-corrected chi connectivity index (χ0v) is 14.3. The lowest BCUT2D eigenvalue weighted by atomic mass is 10.3. The van der Waals surface area contributed by atoms with Crippen LogP contribution in [0.3, 0.4) is 0 Å². The Bertz CT molecular complexity index is 759. The molecule has 4 nitrogen and oxygen atoms in total. The summed E-state index contributed by atoms with van der Waals surface area (Å²) >= 11 is 11.7. The molecule has 0 saturated heterocycles. The topological polar surface area (TPSA) is 55.4 Å². The van der Waals surface area contributed by atoms with Crippen LogP contribution in [0.2, 0.25) is 10.0 Å². The fraction of sp³-hybridized carbons (Fsp3) is 0.200. The fourth-order valence-electron chi connectivity index (χ4n) is 1.74. The minimum atomic E-state index is -3.70. The molecule has 0 aliphatic heterocycles. The average molecular weight is 360 g/mol. The van der Waals surface area contributed by atoms with Crippen LogP contribution in [0.1, 0.15) is 13.8 Å². The van der Waals surface area contributed by atoms with Crippen LogP contribution in [0.25, 0.3) is 0 Å². The Morgan fingerprint density at radius 2 is 1.64 bits per heavy atom. The molecule has 2 aromatic carbocycles. The number of hydrogen-bond acceptors (Lipinski definition) is 3. The Morgan fingerprint density at radius 1 is 1.00 bits per heavy atom. The van der Waals surface area contributed by atoms with Crippen LogP contribution in [0.4, 0.5) is 5.69 Å². The molecule has 7 heteroatoms. The molecule has 0 fully saturated rings. The van der Waals surface area contributed by atoms with Gasteiger partial charge in [0.25, 0.3) is 10.0 Å². The molecule has 118 valence electrons. The van der Waals surface area contributed by atoms with Gasteiger partial charge in [-0.15, -0.1) is 0 Å². The maximum atomic E-state index is 12.3. The van der Waals surface area contributed by atoms with E-state index in [9.17, 15) is 8.42 Å². The van der Waals surface area contributed by atoms with Crippen molar-refractivity contribution < 1.29 is 13.2 Å². The van der Waals surface area contributed by atoms with E-state index in [4.69, 9.17) is 27.9 Å². The quantitative estimate of drug-likeness (QED) is 0.849. The van der Waals surface area contributed by atoms with Crippen molar-refractivity contribution in [3.63, 3.8) is 0 Å². The number of benzene rings is 2. The summed E-state index contributed by atoms with van der Waals surface area (Å²) in [4.78, 5) is 0.134. The molecule has 2 rings (SSSR count). The number of rotatable bonds is 5. The highest BCUT2D eigenvalue weighted by Crippen LogP contribution is 2.27. The largest absolute Gasteiger partial charge is 0.491 e. The molecule has 1 N–H and O–H groups in total. The van der Waals surface area contributed by atoms with E-state index in [0.29, 0.717) is 16.5 Å². The average Bonchev–Trinajstić information content (AvgIpc) is 2.42. The molecule has 0 amide bonds. The lowest BCUT2D eigenvalue weighted by Gasteiger charge is -2.11. The minimum Gasteiger partial charge on any atom is -0.491 e. The molecule has 0 spiro atoms. The Morgan fingerprint density at radius 3 is 2.18 bits per heavy atom. The first-order valence-corrected chi connectivity index (χ1v) is 8.76. The van der Waals surface area contributed by atoms with Gasteiger partial charge in [0.1, 0.15) is 5.75 Å². The molecule has 0 heterocycles. The zero-order chi connectivity index (χ0) is 16.3. The summed E-state index contributed by atoms with van der Waals surface area (Å²) < 4.78 is 32.5. The van der Waals surface area contributed by atoms with Crippen molar-refractivity contribution in [3.8, 4) is 5.75 Å². The van der Waals surface area contributed by atoms with E-state index in [1.54, 1.807) is 18.2 Å².